The van der Waals surface area contributed by atoms with Crippen molar-refractivity contribution in [3.63, 3.8) is 0 Å². The van der Waals surface area contributed by atoms with Crippen molar-refractivity contribution in [2.75, 3.05) is 12.0 Å². The van der Waals surface area contributed by atoms with Crippen LogP contribution in [0.3, 0.4) is 0 Å². The van der Waals surface area contributed by atoms with Gasteiger partial charge in [0.25, 0.3) is 11.8 Å². The van der Waals surface area contributed by atoms with E-state index in [2.05, 4.69) is 5.32 Å². The van der Waals surface area contributed by atoms with E-state index < -0.39 is 17.8 Å². The Kier molecular flexibility index (Phi) is 6.20. The zero-order chi connectivity index (χ0) is 21.8. The topological polar surface area (TPSA) is 84.9 Å². The van der Waals surface area contributed by atoms with Crippen LogP contribution in [0.1, 0.15) is 31.4 Å². The van der Waals surface area contributed by atoms with Crippen molar-refractivity contribution in [2.24, 2.45) is 0 Å². The van der Waals surface area contributed by atoms with Crippen molar-refractivity contribution in [1.82, 2.24) is 5.32 Å². The molecule has 156 valence electrons. The number of anilines is 1. The fraction of sp³-hybridized carbons (Fsp3) is 0.261. The van der Waals surface area contributed by atoms with Gasteiger partial charge >= 0.3 is 6.03 Å². The Morgan fingerprint density at radius 2 is 1.77 bits per heavy atom. The van der Waals surface area contributed by atoms with E-state index in [0.717, 1.165) is 16.9 Å². The highest BCUT2D eigenvalue weighted by Crippen LogP contribution is 2.31. The largest absolute Gasteiger partial charge is 0.493 e. The summed E-state index contributed by atoms with van der Waals surface area (Å²) in [6.45, 7) is 5.88. The summed E-state index contributed by atoms with van der Waals surface area (Å²) in [5.74, 6) is -0.372. The molecule has 1 aliphatic rings. The van der Waals surface area contributed by atoms with Crippen molar-refractivity contribution >= 4 is 29.6 Å². The molecule has 7 heteroatoms. The van der Waals surface area contributed by atoms with Crippen molar-refractivity contribution in [1.29, 1.82) is 0 Å². The van der Waals surface area contributed by atoms with E-state index in [0.29, 0.717) is 22.7 Å². The number of barbiturate groups is 1. The standard InChI is InChI=1S/C23H24N2O5/c1-5-15(3)30-19-11-8-16(13-20(19)29-4)12-18-21(26)24-23(28)25(22(18)27)17-9-6-14(2)7-10-17/h6-13,15H,5H2,1-4H3,(H,24,26,28). The predicted octanol–water partition coefficient (Wildman–Crippen LogP) is 3.85. The van der Waals surface area contributed by atoms with E-state index in [1.165, 1.54) is 13.2 Å². The van der Waals surface area contributed by atoms with E-state index in [1.807, 2.05) is 20.8 Å². The highest BCUT2D eigenvalue weighted by Gasteiger charge is 2.36. The van der Waals surface area contributed by atoms with Gasteiger partial charge in [0.15, 0.2) is 11.5 Å². The van der Waals surface area contributed by atoms with Crippen molar-refractivity contribution < 1.29 is 23.9 Å². The van der Waals surface area contributed by atoms with Gasteiger partial charge in [-0.05, 0) is 56.2 Å². The fourth-order valence-corrected chi connectivity index (χ4v) is 2.92. The van der Waals surface area contributed by atoms with Crippen LogP contribution in [0.2, 0.25) is 0 Å². The Bertz CT molecular complexity index is 1010. The number of carbonyl (C=O) groups is 3. The second-order valence-corrected chi connectivity index (χ2v) is 7.04. The fourth-order valence-electron chi connectivity index (χ4n) is 2.92. The number of methoxy groups -OCH3 is 1. The highest BCUT2D eigenvalue weighted by atomic mass is 16.5. The lowest BCUT2D eigenvalue weighted by Gasteiger charge is -2.26. The number of benzene rings is 2. The molecule has 1 heterocycles. The van der Waals surface area contributed by atoms with Crippen LogP contribution in [0.4, 0.5) is 10.5 Å². The number of hydrogen-bond acceptors (Lipinski definition) is 5. The van der Waals surface area contributed by atoms with Crippen LogP contribution < -0.4 is 19.7 Å². The first-order chi connectivity index (χ1) is 14.3. The average molecular weight is 408 g/mol. The van der Waals surface area contributed by atoms with Crippen LogP contribution in [0.15, 0.2) is 48.0 Å². The van der Waals surface area contributed by atoms with Gasteiger partial charge in [-0.1, -0.05) is 30.7 Å². The molecular formula is C23H24N2O5. The van der Waals surface area contributed by atoms with Gasteiger partial charge in [-0.2, -0.15) is 0 Å². The van der Waals surface area contributed by atoms with Crippen LogP contribution in [0.5, 0.6) is 11.5 Å². The zero-order valence-electron chi connectivity index (χ0n) is 17.4. The summed E-state index contributed by atoms with van der Waals surface area (Å²) in [5, 5.41) is 2.22. The van der Waals surface area contributed by atoms with Gasteiger partial charge in [-0.25, -0.2) is 9.69 Å². The minimum atomic E-state index is -0.777. The van der Waals surface area contributed by atoms with Gasteiger partial charge < -0.3 is 9.47 Å². The average Bonchev–Trinajstić information content (AvgIpc) is 2.73. The van der Waals surface area contributed by atoms with E-state index in [1.54, 1.807) is 42.5 Å². The Labute approximate surface area is 175 Å². The Morgan fingerprint density at radius 1 is 1.07 bits per heavy atom. The van der Waals surface area contributed by atoms with Gasteiger partial charge in [0.2, 0.25) is 0 Å². The highest BCUT2D eigenvalue weighted by molar-refractivity contribution is 6.39. The first kappa shape index (κ1) is 21.1. The first-order valence-electron chi connectivity index (χ1n) is 9.66. The molecule has 0 aliphatic carbocycles. The maximum absolute atomic E-state index is 13.0. The number of rotatable bonds is 6. The summed E-state index contributed by atoms with van der Waals surface area (Å²) in [7, 11) is 1.52. The molecule has 1 saturated heterocycles. The third-order valence-corrected chi connectivity index (χ3v) is 4.80. The molecule has 1 atom stereocenters. The number of amides is 4. The molecule has 0 radical (unpaired) electrons. The normalized spacial score (nSPS) is 16.5. The third kappa shape index (κ3) is 4.35. The number of nitrogens with one attached hydrogen (secondary N) is 1. The molecule has 0 saturated carbocycles. The maximum atomic E-state index is 13.0. The van der Waals surface area contributed by atoms with Crippen LogP contribution in [0.25, 0.3) is 6.08 Å². The molecule has 7 nitrogen and oxygen atoms in total. The lowest BCUT2D eigenvalue weighted by Crippen LogP contribution is -2.54. The van der Waals surface area contributed by atoms with Crippen LogP contribution in [-0.2, 0) is 9.59 Å². The molecule has 1 unspecified atom stereocenters. The quantitative estimate of drug-likeness (QED) is 0.580. The van der Waals surface area contributed by atoms with Gasteiger partial charge in [0.1, 0.15) is 5.57 Å². The van der Waals surface area contributed by atoms with E-state index in [4.69, 9.17) is 9.47 Å². The lowest BCUT2D eigenvalue weighted by atomic mass is 10.1. The number of imide groups is 2. The summed E-state index contributed by atoms with van der Waals surface area (Å²) in [6, 6.07) is 11.2. The Morgan fingerprint density at radius 3 is 2.40 bits per heavy atom. The summed E-state index contributed by atoms with van der Waals surface area (Å²) >= 11 is 0. The smallest absolute Gasteiger partial charge is 0.335 e. The Balaban J connectivity index is 1.95. The molecule has 0 aromatic heterocycles. The first-order valence-corrected chi connectivity index (χ1v) is 9.66. The number of hydrogen-bond donors (Lipinski definition) is 1. The SMILES string of the molecule is CCC(C)Oc1ccc(C=C2C(=O)NC(=O)N(c3ccc(C)cc3)C2=O)cc1OC. The third-order valence-electron chi connectivity index (χ3n) is 4.80. The minimum absolute atomic E-state index is 0.0166. The molecule has 1 N–H and O–H groups in total. The molecule has 1 fully saturated rings. The molecule has 3 rings (SSSR count). The number of ether oxygens (including phenoxy) is 2. The molecular weight excluding hydrogens is 384 g/mol. The summed E-state index contributed by atoms with van der Waals surface area (Å²) in [4.78, 5) is 38.5. The number of nitrogens with zero attached hydrogens (tertiary/aromatic N) is 1. The number of carbonyl (C=O) groups excluding carboxylic acids is 3. The molecule has 4 amide bonds. The van der Waals surface area contributed by atoms with Gasteiger partial charge in [-0.15, -0.1) is 0 Å². The summed E-state index contributed by atoms with van der Waals surface area (Å²) in [5.41, 5.74) is 1.80. The van der Waals surface area contributed by atoms with Crippen molar-refractivity contribution in [3.8, 4) is 11.5 Å². The number of urea groups is 1. The van der Waals surface area contributed by atoms with E-state index >= 15 is 0 Å². The van der Waals surface area contributed by atoms with Gasteiger partial charge in [-0.3, -0.25) is 14.9 Å². The minimum Gasteiger partial charge on any atom is -0.493 e. The second-order valence-electron chi connectivity index (χ2n) is 7.04. The Hall–Kier alpha value is -3.61. The second kappa shape index (κ2) is 8.82. The monoisotopic (exact) mass is 408 g/mol. The summed E-state index contributed by atoms with van der Waals surface area (Å²) < 4.78 is 11.2. The van der Waals surface area contributed by atoms with Crippen LogP contribution in [-0.4, -0.2) is 31.1 Å². The zero-order valence-corrected chi connectivity index (χ0v) is 17.4. The van der Waals surface area contributed by atoms with Crippen molar-refractivity contribution in [3.05, 3.63) is 59.2 Å². The molecule has 0 bridgehead atoms. The molecule has 2 aromatic rings. The summed E-state index contributed by atoms with van der Waals surface area (Å²) in [6.07, 6.45) is 2.29. The van der Waals surface area contributed by atoms with Crippen LogP contribution in [0, 0.1) is 6.92 Å². The van der Waals surface area contributed by atoms with E-state index in [-0.39, 0.29) is 11.7 Å². The molecule has 2 aromatic carbocycles. The molecule has 30 heavy (non-hydrogen) atoms. The van der Waals surface area contributed by atoms with Gasteiger partial charge in [0.05, 0.1) is 18.9 Å². The number of aryl methyl sites for hydroxylation is 1. The van der Waals surface area contributed by atoms with Crippen molar-refractivity contribution in [2.45, 2.75) is 33.3 Å². The maximum Gasteiger partial charge on any atom is 0.335 e. The van der Waals surface area contributed by atoms with Crippen LogP contribution >= 0.6 is 0 Å². The molecule has 0 spiro atoms. The predicted molar refractivity (Wildman–Crippen MR) is 114 cm³/mol. The lowest BCUT2D eigenvalue weighted by molar-refractivity contribution is -0.122. The molecule has 1 aliphatic heterocycles. The van der Waals surface area contributed by atoms with E-state index in [9.17, 15) is 14.4 Å². The van der Waals surface area contributed by atoms with Gasteiger partial charge in [0, 0.05) is 0 Å².